The van der Waals surface area contributed by atoms with E-state index in [1.165, 1.54) is 17.3 Å². The van der Waals surface area contributed by atoms with Crippen LogP contribution >= 0.6 is 0 Å². The molecule has 1 amide bonds. The fourth-order valence-electron chi connectivity index (χ4n) is 1.63. The molecule has 2 rings (SSSR count). The predicted octanol–water partition coefficient (Wildman–Crippen LogP) is 0.586. The highest BCUT2D eigenvalue weighted by Gasteiger charge is 2.15. The zero-order chi connectivity index (χ0) is 13.7. The van der Waals surface area contributed by atoms with Gasteiger partial charge in [-0.05, 0) is 25.1 Å². The van der Waals surface area contributed by atoms with Crippen LogP contribution < -0.4 is 11.1 Å². The molecular formula is C12H16N6O. The number of hydrogen-bond acceptors (Lipinski definition) is 5. The zero-order valence-corrected chi connectivity index (χ0v) is 10.7. The number of aromatic nitrogens is 4. The van der Waals surface area contributed by atoms with E-state index >= 15 is 0 Å². The monoisotopic (exact) mass is 260 g/mol. The summed E-state index contributed by atoms with van der Waals surface area (Å²) in [4.78, 5) is 20.1. The molecule has 0 bridgehead atoms. The minimum absolute atomic E-state index is 0.0835. The van der Waals surface area contributed by atoms with Gasteiger partial charge in [-0.15, -0.1) is 0 Å². The number of nitrogens with two attached hydrogens (primary N) is 1. The fourth-order valence-corrected chi connectivity index (χ4v) is 1.63. The number of anilines is 1. The molecule has 0 aromatic carbocycles. The maximum Gasteiger partial charge on any atom is 0.227 e. The normalized spacial score (nSPS) is 12.1. The van der Waals surface area contributed by atoms with Crippen LogP contribution in [0.4, 0.5) is 5.69 Å². The standard InChI is InChI=1S/C12H16N6O/c1-9(4-5-13)12(19)17-10-3-2-6-15-11(10)18-8-14-7-16-18/h2-3,6-9H,4-5,13H2,1H3,(H,17,19). The van der Waals surface area contributed by atoms with E-state index in [0.717, 1.165) is 0 Å². The molecule has 3 N–H and O–H groups in total. The number of amides is 1. The molecular weight excluding hydrogens is 244 g/mol. The summed E-state index contributed by atoms with van der Waals surface area (Å²) in [6, 6.07) is 3.53. The van der Waals surface area contributed by atoms with Crippen molar-refractivity contribution in [2.24, 2.45) is 11.7 Å². The molecule has 2 aromatic rings. The van der Waals surface area contributed by atoms with Gasteiger partial charge in [0.25, 0.3) is 0 Å². The van der Waals surface area contributed by atoms with E-state index in [1.54, 1.807) is 18.3 Å². The van der Waals surface area contributed by atoms with Crippen LogP contribution in [0.1, 0.15) is 13.3 Å². The van der Waals surface area contributed by atoms with Gasteiger partial charge in [0, 0.05) is 12.1 Å². The number of carbonyl (C=O) groups is 1. The molecule has 2 heterocycles. The van der Waals surface area contributed by atoms with Gasteiger partial charge >= 0.3 is 0 Å². The second kappa shape index (κ2) is 6.05. The van der Waals surface area contributed by atoms with Crippen LogP contribution in [0.5, 0.6) is 0 Å². The van der Waals surface area contributed by atoms with Gasteiger partial charge < -0.3 is 11.1 Å². The minimum atomic E-state index is -0.145. The van der Waals surface area contributed by atoms with Crippen LogP contribution in [0.2, 0.25) is 0 Å². The highest BCUT2D eigenvalue weighted by atomic mass is 16.1. The zero-order valence-electron chi connectivity index (χ0n) is 10.7. The highest BCUT2D eigenvalue weighted by Crippen LogP contribution is 2.17. The van der Waals surface area contributed by atoms with Crippen molar-refractivity contribution in [1.29, 1.82) is 0 Å². The van der Waals surface area contributed by atoms with Gasteiger partial charge in [-0.1, -0.05) is 6.92 Å². The van der Waals surface area contributed by atoms with Crippen LogP contribution in [0.25, 0.3) is 5.82 Å². The molecule has 0 aliphatic rings. The maximum absolute atomic E-state index is 12.0. The van der Waals surface area contributed by atoms with Crippen molar-refractivity contribution in [2.75, 3.05) is 11.9 Å². The molecule has 7 nitrogen and oxygen atoms in total. The maximum atomic E-state index is 12.0. The van der Waals surface area contributed by atoms with E-state index in [4.69, 9.17) is 5.73 Å². The van der Waals surface area contributed by atoms with E-state index in [2.05, 4.69) is 20.4 Å². The Morgan fingerprint density at radius 3 is 3.11 bits per heavy atom. The molecule has 0 aliphatic carbocycles. The molecule has 2 aromatic heterocycles. The molecule has 0 saturated carbocycles. The second-order valence-corrected chi connectivity index (χ2v) is 4.18. The first kappa shape index (κ1) is 13.2. The van der Waals surface area contributed by atoms with Crippen LogP contribution in [0.15, 0.2) is 31.0 Å². The van der Waals surface area contributed by atoms with Crippen LogP contribution in [-0.2, 0) is 4.79 Å². The summed E-state index contributed by atoms with van der Waals surface area (Å²) in [6.07, 6.45) is 5.22. The van der Waals surface area contributed by atoms with Crippen LogP contribution in [0, 0.1) is 5.92 Å². The Morgan fingerprint density at radius 2 is 2.42 bits per heavy atom. The molecule has 1 atom stereocenters. The van der Waals surface area contributed by atoms with Crippen molar-refractivity contribution in [2.45, 2.75) is 13.3 Å². The molecule has 0 saturated heterocycles. The quantitative estimate of drug-likeness (QED) is 0.819. The number of hydrogen-bond donors (Lipinski definition) is 2. The van der Waals surface area contributed by atoms with Gasteiger partial charge in [-0.3, -0.25) is 4.79 Å². The number of pyridine rings is 1. The summed E-state index contributed by atoms with van der Waals surface area (Å²) in [5.41, 5.74) is 6.05. The Hall–Kier alpha value is -2.28. The molecule has 1 unspecified atom stereocenters. The van der Waals surface area contributed by atoms with E-state index in [1.807, 2.05) is 6.92 Å². The third-order valence-electron chi connectivity index (χ3n) is 2.73. The molecule has 19 heavy (non-hydrogen) atoms. The third kappa shape index (κ3) is 3.14. The Bertz CT molecular complexity index is 539. The number of carbonyl (C=O) groups excluding carboxylic acids is 1. The Balaban J connectivity index is 2.19. The largest absolute Gasteiger partial charge is 0.330 e. The number of rotatable bonds is 5. The smallest absolute Gasteiger partial charge is 0.227 e. The van der Waals surface area contributed by atoms with E-state index in [9.17, 15) is 4.79 Å². The summed E-state index contributed by atoms with van der Waals surface area (Å²) >= 11 is 0. The number of nitrogens with one attached hydrogen (secondary N) is 1. The first-order chi connectivity index (χ1) is 9.22. The van der Waals surface area contributed by atoms with Crippen molar-refractivity contribution in [3.8, 4) is 5.82 Å². The third-order valence-corrected chi connectivity index (χ3v) is 2.73. The second-order valence-electron chi connectivity index (χ2n) is 4.18. The van der Waals surface area contributed by atoms with Crippen LogP contribution in [0.3, 0.4) is 0 Å². The van der Waals surface area contributed by atoms with Crippen molar-refractivity contribution in [3.63, 3.8) is 0 Å². The van der Waals surface area contributed by atoms with Crippen molar-refractivity contribution in [1.82, 2.24) is 19.7 Å². The molecule has 0 aliphatic heterocycles. The van der Waals surface area contributed by atoms with Gasteiger partial charge in [0.2, 0.25) is 5.91 Å². The SMILES string of the molecule is CC(CCN)C(=O)Nc1cccnc1-n1cncn1. The predicted molar refractivity (Wildman–Crippen MR) is 70.6 cm³/mol. The minimum Gasteiger partial charge on any atom is -0.330 e. The summed E-state index contributed by atoms with van der Waals surface area (Å²) in [6.45, 7) is 2.32. The van der Waals surface area contributed by atoms with E-state index in [0.29, 0.717) is 24.5 Å². The van der Waals surface area contributed by atoms with Crippen molar-refractivity contribution in [3.05, 3.63) is 31.0 Å². The summed E-state index contributed by atoms with van der Waals surface area (Å²) < 4.78 is 1.50. The van der Waals surface area contributed by atoms with E-state index in [-0.39, 0.29) is 11.8 Å². The lowest BCUT2D eigenvalue weighted by Crippen LogP contribution is -2.23. The molecule has 0 radical (unpaired) electrons. The summed E-state index contributed by atoms with van der Waals surface area (Å²) in [5.74, 6) is 0.307. The van der Waals surface area contributed by atoms with Crippen molar-refractivity contribution < 1.29 is 4.79 Å². The fraction of sp³-hybridized carbons (Fsp3) is 0.333. The lowest BCUT2D eigenvalue weighted by Gasteiger charge is -2.13. The molecule has 0 fully saturated rings. The van der Waals surface area contributed by atoms with Crippen molar-refractivity contribution >= 4 is 11.6 Å². The molecule has 7 heteroatoms. The average molecular weight is 260 g/mol. The van der Waals surface area contributed by atoms with Gasteiger partial charge in [0.05, 0.1) is 5.69 Å². The summed E-state index contributed by atoms with van der Waals surface area (Å²) in [5, 5.41) is 6.85. The van der Waals surface area contributed by atoms with Gasteiger partial charge in [-0.25, -0.2) is 14.6 Å². The summed E-state index contributed by atoms with van der Waals surface area (Å²) in [7, 11) is 0. The first-order valence-corrected chi connectivity index (χ1v) is 6.03. The lowest BCUT2D eigenvalue weighted by molar-refractivity contribution is -0.119. The first-order valence-electron chi connectivity index (χ1n) is 6.03. The Kier molecular flexibility index (Phi) is 4.19. The Labute approximate surface area is 110 Å². The highest BCUT2D eigenvalue weighted by molar-refractivity contribution is 5.93. The van der Waals surface area contributed by atoms with E-state index < -0.39 is 0 Å². The van der Waals surface area contributed by atoms with Gasteiger partial charge in [0.1, 0.15) is 12.7 Å². The molecule has 100 valence electrons. The topological polar surface area (TPSA) is 98.7 Å². The molecule has 0 spiro atoms. The van der Waals surface area contributed by atoms with Gasteiger partial charge in [-0.2, -0.15) is 5.10 Å². The van der Waals surface area contributed by atoms with Crippen LogP contribution in [-0.4, -0.2) is 32.2 Å². The lowest BCUT2D eigenvalue weighted by atomic mass is 10.1. The average Bonchev–Trinajstić information content (AvgIpc) is 2.93. The van der Waals surface area contributed by atoms with Gasteiger partial charge in [0.15, 0.2) is 5.82 Å². The Morgan fingerprint density at radius 1 is 1.58 bits per heavy atom. The number of nitrogens with zero attached hydrogens (tertiary/aromatic N) is 4.